The minimum atomic E-state index is -0.899. The molecule has 30 heavy (non-hydrogen) atoms. The Balaban J connectivity index is 1.84. The van der Waals surface area contributed by atoms with Gasteiger partial charge in [-0.1, -0.05) is 6.92 Å². The van der Waals surface area contributed by atoms with Crippen molar-refractivity contribution in [1.82, 2.24) is 14.0 Å². The second kappa shape index (κ2) is 8.14. The summed E-state index contributed by atoms with van der Waals surface area (Å²) < 4.78 is 29.7. The van der Waals surface area contributed by atoms with Crippen LogP contribution in [0.5, 0.6) is 0 Å². The highest BCUT2D eigenvalue weighted by Crippen LogP contribution is 2.21. The van der Waals surface area contributed by atoms with Gasteiger partial charge in [0.2, 0.25) is 5.91 Å². The quantitative estimate of drug-likeness (QED) is 0.634. The molecule has 0 spiro atoms. The van der Waals surface area contributed by atoms with E-state index in [0.29, 0.717) is 18.1 Å². The number of hydrogen-bond acceptors (Lipinski definition) is 4. The molecule has 0 bridgehead atoms. The number of amides is 1. The van der Waals surface area contributed by atoms with E-state index in [1.54, 1.807) is 16.3 Å². The normalized spacial score (nSPS) is 16.9. The maximum Gasteiger partial charge on any atom is 0.336 e. The number of carbonyl (C=O) groups is 1. The van der Waals surface area contributed by atoms with Gasteiger partial charge in [0.15, 0.2) is 0 Å². The highest BCUT2D eigenvalue weighted by molar-refractivity contribution is 7.17. The maximum absolute atomic E-state index is 13.7. The lowest BCUT2D eigenvalue weighted by atomic mass is 10.00. The van der Waals surface area contributed by atoms with Crippen molar-refractivity contribution in [2.24, 2.45) is 0 Å². The van der Waals surface area contributed by atoms with Gasteiger partial charge in [0.1, 0.15) is 22.9 Å². The van der Waals surface area contributed by atoms with Gasteiger partial charge in [0, 0.05) is 18.7 Å². The lowest BCUT2D eigenvalue weighted by molar-refractivity contribution is -0.135. The lowest BCUT2D eigenvalue weighted by Crippen LogP contribution is -2.47. The third kappa shape index (κ3) is 3.58. The van der Waals surface area contributed by atoms with Gasteiger partial charge in [-0.3, -0.25) is 14.2 Å². The Morgan fingerprint density at radius 1 is 1.17 bits per heavy atom. The monoisotopic (exact) mass is 433 g/mol. The zero-order chi connectivity index (χ0) is 21.4. The van der Waals surface area contributed by atoms with Crippen molar-refractivity contribution in [2.45, 2.75) is 45.2 Å². The molecule has 1 aromatic carbocycles. The van der Waals surface area contributed by atoms with Gasteiger partial charge in [0.25, 0.3) is 5.56 Å². The van der Waals surface area contributed by atoms with Crippen LogP contribution in [-0.2, 0) is 11.3 Å². The predicted octanol–water partition coefficient (Wildman–Crippen LogP) is 3.28. The summed E-state index contributed by atoms with van der Waals surface area (Å²) in [6.45, 7) is 2.42. The number of halogens is 2. The van der Waals surface area contributed by atoms with Crippen LogP contribution in [0.15, 0.2) is 39.2 Å². The van der Waals surface area contributed by atoms with Crippen molar-refractivity contribution >= 4 is 27.5 Å². The number of aromatic nitrogens is 2. The second-order valence-electron chi connectivity index (χ2n) is 7.42. The van der Waals surface area contributed by atoms with E-state index >= 15 is 0 Å². The van der Waals surface area contributed by atoms with Crippen LogP contribution in [-0.4, -0.2) is 32.5 Å². The molecule has 0 aliphatic carbocycles. The Kier molecular flexibility index (Phi) is 5.55. The molecule has 3 aromatic rings. The molecular weight excluding hydrogens is 412 g/mol. The van der Waals surface area contributed by atoms with E-state index in [2.05, 4.69) is 0 Å². The fourth-order valence-electron chi connectivity index (χ4n) is 4.12. The Bertz CT molecular complexity index is 1210. The summed E-state index contributed by atoms with van der Waals surface area (Å²) in [5.74, 6) is -2.00. The molecule has 1 saturated heterocycles. The molecule has 2 aromatic heterocycles. The van der Waals surface area contributed by atoms with Crippen LogP contribution in [0.2, 0.25) is 0 Å². The molecule has 1 fully saturated rings. The molecule has 158 valence electrons. The number of carbonyl (C=O) groups excluding carboxylic acids is 1. The van der Waals surface area contributed by atoms with Crippen LogP contribution in [0.25, 0.3) is 15.9 Å². The first kappa shape index (κ1) is 20.5. The molecule has 9 heteroatoms. The summed E-state index contributed by atoms with van der Waals surface area (Å²) in [6, 6.07) is 4.26. The molecule has 4 rings (SSSR count). The fourth-order valence-corrected chi connectivity index (χ4v) is 4.94. The number of rotatable bonds is 4. The SMILES string of the molecule is CC[C@H]1CCCCN1C(=O)Cn1c(=O)n(-c2cc(F)cc(F)c2)c(=O)c2sccc21. The zero-order valence-electron chi connectivity index (χ0n) is 16.4. The van der Waals surface area contributed by atoms with E-state index in [1.165, 1.54) is 4.57 Å². The first-order valence-electron chi connectivity index (χ1n) is 9.89. The Labute approximate surface area is 175 Å². The standard InChI is InChI=1S/C21H21F2N3O3S/c1-2-15-5-3-4-7-24(15)18(27)12-25-17-6-8-30-19(17)20(28)26(21(25)29)16-10-13(22)9-14(23)11-16/h6,8-11,15H,2-5,7,12H2,1H3/t15-/m0/s1. The second-order valence-corrected chi connectivity index (χ2v) is 8.33. The van der Waals surface area contributed by atoms with E-state index < -0.39 is 22.9 Å². The Hall–Kier alpha value is -2.81. The summed E-state index contributed by atoms with van der Waals surface area (Å²) in [6.07, 6.45) is 3.73. The third-order valence-electron chi connectivity index (χ3n) is 5.57. The van der Waals surface area contributed by atoms with Crippen molar-refractivity contribution in [3.63, 3.8) is 0 Å². The molecule has 1 amide bonds. The van der Waals surface area contributed by atoms with Crippen LogP contribution in [0.3, 0.4) is 0 Å². The number of nitrogens with zero attached hydrogens (tertiary/aromatic N) is 3. The molecular formula is C21H21F2N3O3S. The number of fused-ring (bicyclic) bond motifs is 1. The molecule has 0 saturated carbocycles. The fraction of sp³-hybridized carbons (Fsp3) is 0.381. The van der Waals surface area contributed by atoms with Crippen LogP contribution in [0.1, 0.15) is 32.6 Å². The first-order valence-corrected chi connectivity index (χ1v) is 10.8. The van der Waals surface area contributed by atoms with Crippen molar-refractivity contribution in [3.05, 3.63) is 62.1 Å². The summed E-state index contributed by atoms with van der Waals surface area (Å²) in [4.78, 5) is 41.0. The van der Waals surface area contributed by atoms with Gasteiger partial charge in [-0.25, -0.2) is 18.1 Å². The highest BCUT2D eigenvalue weighted by atomic mass is 32.1. The van der Waals surface area contributed by atoms with E-state index in [0.717, 1.165) is 53.7 Å². The average Bonchev–Trinajstić information content (AvgIpc) is 3.20. The topological polar surface area (TPSA) is 64.3 Å². The largest absolute Gasteiger partial charge is 0.338 e. The van der Waals surface area contributed by atoms with E-state index in [9.17, 15) is 23.2 Å². The van der Waals surface area contributed by atoms with Crippen molar-refractivity contribution in [2.75, 3.05) is 6.54 Å². The summed E-state index contributed by atoms with van der Waals surface area (Å²) in [5.41, 5.74) is -1.32. The summed E-state index contributed by atoms with van der Waals surface area (Å²) in [5, 5.41) is 1.65. The van der Waals surface area contributed by atoms with Gasteiger partial charge in [-0.05, 0) is 49.3 Å². The zero-order valence-corrected chi connectivity index (χ0v) is 17.3. The predicted molar refractivity (Wildman–Crippen MR) is 111 cm³/mol. The number of thiophene rings is 1. The van der Waals surface area contributed by atoms with Crippen LogP contribution >= 0.6 is 11.3 Å². The van der Waals surface area contributed by atoms with Gasteiger partial charge in [-0.2, -0.15) is 0 Å². The van der Waals surface area contributed by atoms with Crippen LogP contribution < -0.4 is 11.2 Å². The Morgan fingerprint density at radius 3 is 2.60 bits per heavy atom. The highest BCUT2D eigenvalue weighted by Gasteiger charge is 2.27. The molecule has 1 atom stereocenters. The minimum Gasteiger partial charge on any atom is -0.338 e. The van der Waals surface area contributed by atoms with Crippen molar-refractivity contribution < 1.29 is 13.6 Å². The molecule has 0 N–H and O–H groups in total. The lowest BCUT2D eigenvalue weighted by Gasteiger charge is -2.35. The third-order valence-corrected chi connectivity index (χ3v) is 6.46. The van der Waals surface area contributed by atoms with E-state index in [4.69, 9.17) is 0 Å². The summed E-state index contributed by atoms with van der Waals surface area (Å²) in [7, 11) is 0. The van der Waals surface area contributed by atoms with Crippen LogP contribution in [0.4, 0.5) is 8.78 Å². The van der Waals surface area contributed by atoms with Gasteiger partial charge in [-0.15, -0.1) is 11.3 Å². The number of hydrogen-bond donors (Lipinski definition) is 0. The molecule has 1 aliphatic rings. The maximum atomic E-state index is 13.7. The smallest absolute Gasteiger partial charge is 0.336 e. The average molecular weight is 433 g/mol. The molecule has 1 aliphatic heterocycles. The van der Waals surface area contributed by atoms with Crippen LogP contribution in [0, 0.1) is 11.6 Å². The summed E-state index contributed by atoms with van der Waals surface area (Å²) >= 11 is 1.12. The molecule has 3 heterocycles. The molecule has 0 unspecified atom stereocenters. The molecule has 0 radical (unpaired) electrons. The van der Waals surface area contributed by atoms with E-state index in [1.807, 2.05) is 6.92 Å². The first-order chi connectivity index (χ1) is 14.4. The van der Waals surface area contributed by atoms with Crippen molar-refractivity contribution in [3.8, 4) is 5.69 Å². The van der Waals surface area contributed by atoms with Gasteiger partial charge < -0.3 is 4.90 Å². The minimum absolute atomic E-state index is 0.128. The Morgan fingerprint density at radius 2 is 1.90 bits per heavy atom. The number of likely N-dealkylation sites (tertiary alicyclic amines) is 1. The van der Waals surface area contributed by atoms with Gasteiger partial charge >= 0.3 is 5.69 Å². The number of piperidine rings is 1. The van der Waals surface area contributed by atoms with Crippen molar-refractivity contribution in [1.29, 1.82) is 0 Å². The molecule has 6 nitrogen and oxygen atoms in total. The van der Waals surface area contributed by atoms with E-state index in [-0.39, 0.29) is 28.9 Å². The number of benzene rings is 1. The van der Waals surface area contributed by atoms with Gasteiger partial charge in [0.05, 0.1) is 11.2 Å².